The van der Waals surface area contributed by atoms with Crippen LogP contribution in [0.3, 0.4) is 0 Å². The average molecular weight is 524 g/mol. The van der Waals surface area contributed by atoms with Crippen molar-refractivity contribution in [1.29, 1.82) is 0 Å². The maximum absolute atomic E-state index is 12.2. The summed E-state index contributed by atoms with van der Waals surface area (Å²) in [5.74, 6) is 1.36. The van der Waals surface area contributed by atoms with Gasteiger partial charge in [0.05, 0.1) is 0 Å². The van der Waals surface area contributed by atoms with Crippen LogP contribution in [0.1, 0.15) is 44.2 Å². The number of rotatable bonds is 11. The Hall–Kier alpha value is -4.29. The summed E-state index contributed by atoms with van der Waals surface area (Å²) in [6.07, 6.45) is 5.34. The highest BCUT2D eigenvalue weighted by Gasteiger charge is 2.13. The zero-order valence-electron chi connectivity index (χ0n) is 23.6. The summed E-state index contributed by atoms with van der Waals surface area (Å²) in [7, 11) is 3.52. The second-order valence-corrected chi connectivity index (χ2v) is 8.73. The molecule has 6 nitrogen and oxygen atoms in total. The van der Waals surface area contributed by atoms with E-state index in [1.54, 1.807) is 0 Å². The predicted molar refractivity (Wildman–Crippen MR) is 167 cm³/mol. The molecule has 0 atom stereocenters. The summed E-state index contributed by atoms with van der Waals surface area (Å²) in [4.78, 5) is 23.5. The standard InChI is InChI=1S/C32H36N4O.CH5N/c1-5-13-30(35-31(6-2)36(4)27-14-9-8-10-15-27)26(23-37)22-24-18-20-25(21-19-24)28-16-11-12-17-29(28)32(33)34-7-3;1-2/h7-12,14-21,23H,3,5-6,13,22H2,1-2,4H3,(H2,33,34);2H2,1H3/b30-26-,35-31?;. The molecular formula is C33H41N5O. The Balaban J connectivity index is 0.00000260. The van der Waals surface area contributed by atoms with E-state index in [-0.39, 0.29) is 0 Å². The van der Waals surface area contributed by atoms with E-state index in [9.17, 15) is 4.79 Å². The third-order valence-corrected chi connectivity index (χ3v) is 6.20. The summed E-state index contributed by atoms with van der Waals surface area (Å²) < 4.78 is 0. The van der Waals surface area contributed by atoms with Gasteiger partial charge in [-0.15, -0.1) is 0 Å². The van der Waals surface area contributed by atoms with Crippen molar-refractivity contribution in [2.45, 2.75) is 39.5 Å². The van der Waals surface area contributed by atoms with Crippen molar-refractivity contribution in [2.24, 2.45) is 21.5 Å². The Morgan fingerprint density at radius 2 is 1.59 bits per heavy atom. The van der Waals surface area contributed by atoms with E-state index in [0.717, 1.165) is 65.0 Å². The SMILES string of the molecule is C=CN=C(N)c1ccccc1-c1ccc(C/C(C=O)=C(\CCC)N=C(CC)N(C)c2ccccc2)cc1.CN. The summed E-state index contributed by atoms with van der Waals surface area (Å²) in [5, 5.41) is 0. The molecular weight excluding hydrogens is 482 g/mol. The molecule has 39 heavy (non-hydrogen) atoms. The van der Waals surface area contributed by atoms with Crippen molar-refractivity contribution in [3.8, 4) is 11.1 Å². The minimum atomic E-state index is 0.426. The van der Waals surface area contributed by atoms with E-state index in [1.807, 2.05) is 49.5 Å². The van der Waals surface area contributed by atoms with Gasteiger partial charge in [0.2, 0.25) is 0 Å². The average Bonchev–Trinajstić information content (AvgIpc) is 2.99. The van der Waals surface area contributed by atoms with Gasteiger partial charge in [0, 0.05) is 48.6 Å². The van der Waals surface area contributed by atoms with E-state index in [4.69, 9.17) is 10.7 Å². The Labute approximate surface area is 233 Å². The van der Waals surface area contributed by atoms with Crippen LogP contribution in [0.25, 0.3) is 11.1 Å². The predicted octanol–water partition coefficient (Wildman–Crippen LogP) is 6.52. The Morgan fingerprint density at radius 3 is 2.18 bits per heavy atom. The first kappa shape index (κ1) is 30.9. The molecule has 3 rings (SSSR count). The van der Waals surface area contributed by atoms with E-state index in [0.29, 0.717) is 17.8 Å². The molecule has 0 heterocycles. The normalized spacial score (nSPS) is 12.1. The molecule has 204 valence electrons. The number of carbonyl (C=O) groups is 1. The summed E-state index contributed by atoms with van der Waals surface area (Å²) in [6.45, 7) is 7.84. The van der Waals surface area contributed by atoms with Gasteiger partial charge in [-0.2, -0.15) is 0 Å². The van der Waals surface area contributed by atoms with Crippen molar-refractivity contribution in [3.05, 3.63) is 114 Å². The van der Waals surface area contributed by atoms with Gasteiger partial charge in [0.15, 0.2) is 0 Å². The molecule has 0 unspecified atom stereocenters. The molecule has 6 heteroatoms. The van der Waals surface area contributed by atoms with Crippen LogP contribution >= 0.6 is 0 Å². The quantitative estimate of drug-likeness (QED) is 0.129. The smallest absolute Gasteiger partial charge is 0.148 e. The molecule has 0 saturated heterocycles. The molecule has 0 aliphatic rings. The molecule has 0 amide bonds. The van der Waals surface area contributed by atoms with Crippen LogP contribution in [0.5, 0.6) is 0 Å². The van der Waals surface area contributed by atoms with Crippen molar-refractivity contribution in [3.63, 3.8) is 0 Å². The fraction of sp³-hybridized carbons (Fsp3) is 0.242. The number of aldehydes is 1. The van der Waals surface area contributed by atoms with Crippen LogP contribution in [0.4, 0.5) is 5.69 Å². The Morgan fingerprint density at radius 1 is 0.949 bits per heavy atom. The highest BCUT2D eigenvalue weighted by atomic mass is 16.1. The molecule has 3 aromatic rings. The Bertz CT molecular complexity index is 1290. The number of nitrogens with two attached hydrogens (primary N) is 2. The van der Waals surface area contributed by atoms with Crippen LogP contribution in [0.15, 0.2) is 113 Å². The first-order valence-electron chi connectivity index (χ1n) is 13.3. The highest BCUT2D eigenvalue weighted by molar-refractivity contribution is 6.03. The molecule has 0 aromatic heterocycles. The number of hydrogen-bond donors (Lipinski definition) is 2. The number of para-hydroxylation sites is 1. The van der Waals surface area contributed by atoms with Crippen LogP contribution < -0.4 is 16.4 Å². The number of nitrogens with zero attached hydrogens (tertiary/aromatic N) is 3. The van der Waals surface area contributed by atoms with Crippen LogP contribution in [-0.2, 0) is 11.2 Å². The van der Waals surface area contributed by atoms with E-state index in [2.05, 4.69) is 72.5 Å². The highest BCUT2D eigenvalue weighted by Crippen LogP contribution is 2.26. The van der Waals surface area contributed by atoms with Crippen LogP contribution in [-0.4, -0.2) is 32.1 Å². The number of benzene rings is 3. The van der Waals surface area contributed by atoms with E-state index in [1.165, 1.54) is 13.2 Å². The second kappa shape index (κ2) is 16.5. The molecule has 0 radical (unpaired) electrons. The van der Waals surface area contributed by atoms with E-state index >= 15 is 0 Å². The molecule has 4 N–H and O–H groups in total. The summed E-state index contributed by atoms with van der Waals surface area (Å²) >= 11 is 0. The largest absolute Gasteiger partial charge is 0.383 e. The topological polar surface area (TPSA) is 97.1 Å². The van der Waals surface area contributed by atoms with E-state index < -0.39 is 0 Å². The Kier molecular flexibility index (Phi) is 13.1. The zero-order chi connectivity index (χ0) is 28.6. The van der Waals surface area contributed by atoms with Gasteiger partial charge in [-0.05, 0) is 42.3 Å². The lowest BCUT2D eigenvalue weighted by molar-refractivity contribution is -0.105. The van der Waals surface area contributed by atoms with Gasteiger partial charge >= 0.3 is 0 Å². The van der Waals surface area contributed by atoms with Crippen molar-refractivity contribution >= 4 is 23.6 Å². The number of allylic oxidation sites excluding steroid dienone is 2. The first-order chi connectivity index (χ1) is 19.0. The lowest BCUT2D eigenvalue weighted by Gasteiger charge is -2.21. The van der Waals surface area contributed by atoms with Gasteiger partial charge in [-0.25, -0.2) is 9.98 Å². The lowest BCUT2D eigenvalue weighted by Crippen LogP contribution is -2.26. The van der Waals surface area contributed by atoms with Crippen LogP contribution in [0.2, 0.25) is 0 Å². The molecule has 0 bridgehead atoms. The van der Waals surface area contributed by atoms with Crippen LogP contribution in [0, 0.1) is 0 Å². The maximum Gasteiger partial charge on any atom is 0.148 e. The number of anilines is 1. The molecule has 3 aromatic carbocycles. The second-order valence-electron chi connectivity index (χ2n) is 8.73. The third-order valence-electron chi connectivity index (χ3n) is 6.20. The lowest BCUT2D eigenvalue weighted by atomic mass is 9.96. The maximum atomic E-state index is 12.2. The molecule has 0 aliphatic carbocycles. The molecule has 0 fully saturated rings. The number of aliphatic imine (C=N–C) groups is 2. The number of hydrogen-bond acceptors (Lipinski definition) is 4. The number of carbonyl (C=O) groups excluding carboxylic acids is 1. The summed E-state index contributed by atoms with van der Waals surface area (Å²) in [6, 6.07) is 26.3. The van der Waals surface area contributed by atoms with Crippen molar-refractivity contribution in [2.75, 3.05) is 19.0 Å². The van der Waals surface area contributed by atoms with Gasteiger partial charge in [-0.3, -0.25) is 4.79 Å². The minimum absolute atomic E-state index is 0.426. The van der Waals surface area contributed by atoms with Crippen molar-refractivity contribution in [1.82, 2.24) is 0 Å². The molecule has 0 spiro atoms. The van der Waals surface area contributed by atoms with Crippen molar-refractivity contribution < 1.29 is 4.79 Å². The van der Waals surface area contributed by atoms with Gasteiger partial charge in [0.1, 0.15) is 18.0 Å². The van der Waals surface area contributed by atoms with Gasteiger partial charge in [0.25, 0.3) is 0 Å². The third kappa shape index (κ3) is 8.62. The molecule has 0 saturated carbocycles. The number of amidine groups is 2. The monoisotopic (exact) mass is 523 g/mol. The summed E-state index contributed by atoms with van der Waals surface area (Å²) in [5.41, 5.74) is 17.2. The fourth-order valence-corrected chi connectivity index (χ4v) is 4.23. The zero-order valence-corrected chi connectivity index (χ0v) is 23.6. The fourth-order valence-electron chi connectivity index (χ4n) is 4.23. The minimum Gasteiger partial charge on any atom is -0.383 e. The molecule has 0 aliphatic heterocycles. The first-order valence-corrected chi connectivity index (χ1v) is 13.3. The van der Waals surface area contributed by atoms with Gasteiger partial charge < -0.3 is 16.4 Å². The van der Waals surface area contributed by atoms with Gasteiger partial charge in [-0.1, -0.05) is 93.6 Å².